The van der Waals surface area contributed by atoms with Crippen LogP contribution in [0.2, 0.25) is 0 Å². The number of hydrogen-bond donors (Lipinski definition) is 3. The zero-order valence-corrected chi connectivity index (χ0v) is 7.58. The Balaban J connectivity index is 3.51. The highest BCUT2D eigenvalue weighted by molar-refractivity contribution is 5.92. The summed E-state index contributed by atoms with van der Waals surface area (Å²) in [6, 6.07) is 0. The van der Waals surface area contributed by atoms with E-state index in [1.807, 2.05) is 0 Å². The van der Waals surface area contributed by atoms with Crippen LogP contribution in [0.5, 0.6) is 0 Å². The van der Waals surface area contributed by atoms with Crippen molar-refractivity contribution in [1.29, 1.82) is 0 Å². The Morgan fingerprint density at radius 1 is 1.60 bits per heavy atom. The summed E-state index contributed by atoms with van der Waals surface area (Å²) in [5.74, 6) is -1.51. The lowest BCUT2D eigenvalue weighted by atomic mass is 10.1. The third kappa shape index (κ3) is 2.01. The van der Waals surface area contributed by atoms with Crippen LogP contribution in [0.15, 0.2) is 6.20 Å². The van der Waals surface area contributed by atoms with Crippen molar-refractivity contribution < 1.29 is 18.7 Å². The molecule has 0 aliphatic rings. The molecule has 7 heteroatoms. The van der Waals surface area contributed by atoms with Gasteiger partial charge in [0.15, 0.2) is 0 Å². The molecule has 0 bridgehead atoms. The minimum absolute atomic E-state index is 0.105. The summed E-state index contributed by atoms with van der Waals surface area (Å²) in [5, 5.41) is 8.77. The summed E-state index contributed by atoms with van der Waals surface area (Å²) in [7, 11) is 0. The van der Waals surface area contributed by atoms with Gasteiger partial charge in [0.2, 0.25) is 0 Å². The molecule has 1 aromatic heterocycles. The zero-order valence-electron chi connectivity index (χ0n) is 7.58. The number of nitrogen functional groups attached to an aromatic ring is 1. The van der Waals surface area contributed by atoms with Gasteiger partial charge < -0.3 is 16.6 Å². The highest BCUT2D eigenvalue weighted by Crippen LogP contribution is 2.29. The maximum Gasteiger partial charge on any atom is 0.338 e. The monoisotopic (exact) mass is 217 g/mol. The summed E-state index contributed by atoms with van der Waals surface area (Å²) in [6.45, 7) is -0.234. The van der Waals surface area contributed by atoms with E-state index in [1.54, 1.807) is 0 Å². The quantitative estimate of drug-likeness (QED) is 0.693. The lowest BCUT2D eigenvalue weighted by Gasteiger charge is -2.11. The predicted molar refractivity (Wildman–Crippen MR) is 48.5 cm³/mol. The maximum absolute atomic E-state index is 12.6. The number of carboxylic acids is 1. The number of rotatable bonds is 3. The van der Waals surface area contributed by atoms with Crippen LogP contribution in [0.3, 0.4) is 0 Å². The molecule has 0 saturated carbocycles. The molecule has 0 radical (unpaired) electrons. The van der Waals surface area contributed by atoms with Crippen molar-refractivity contribution in [3.05, 3.63) is 23.0 Å². The second-order valence-corrected chi connectivity index (χ2v) is 2.76. The van der Waals surface area contributed by atoms with Crippen molar-refractivity contribution in [3.8, 4) is 0 Å². The van der Waals surface area contributed by atoms with Crippen LogP contribution in [-0.2, 0) is 6.54 Å². The van der Waals surface area contributed by atoms with Gasteiger partial charge in [-0.15, -0.1) is 0 Å². The molecule has 1 aromatic rings. The smallest absolute Gasteiger partial charge is 0.338 e. The minimum Gasteiger partial charge on any atom is -0.478 e. The summed E-state index contributed by atoms with van der Waals surface area (Å²) < 4.78 is 25.1. The van der Waals surface area contributed by atoms with Gasteiger partial charge in [-0.1, -0.05) is 0 Å². The number of aromatic nitrogens is 1. The van der Waals surface area contributed by atoms with Crippen LogP contribution in [0.4, 0.5) is 14.5 Å². The first-order valence-corrected chi connectivity index (χ1v) is 3.97. The Morgan fingerprint density at radius 2 is 2.20 bits per heavy atom. The molecule has 0 fully saturated rings. The number of carboxylic acid groups (broad SMARTS) is 1. The van der Waals surface area contributed by atoms with Gasteiger partial charge in [0.1, 0.15) is 0 Å². The molecule has 0 aromatic carbocycles. The molecule has 0 aliphatic carbocycles. The predicted octanol–water partition coefficient (Wildman–Crippen LogP) is 0.758. The summed E-state index contributed by atoms with van der Waals surface area (Å²) in [5.41, 5.74) is 8.65. The van der Waals surface area contributed by atoms with Gasteiger partial charge >= 0.3 is 5.97 Å². The fourth-order valence-electron chi connectivity index (χ4n) is 1.21. The van der Waals surface area contributed by atoms with E-state index in [4.69, 9.17) is 16.6 Å². The third-order valence-electron chi connectivity index (χ3n) is 1.85. The van der Waals surface area contributed by atoms with Gasteiger partial charge in [0.05, 0.1) is 28.7 Å². The van der Waals surface area contributed by atoms with E-state index in [2.05, 4.69) is 4.98 Å². The van der Waals surface area contributed by atoms with Crippen LogP contribution >= 0.6 is 0 Å². The fraction of sp³-hybridized carbons (Fsp3) is 0.250. The molecule has 1 heterocycles. The van der Waals surface area contributed by atoms with E-state index in [0.717, 1.165) is 6.20 Å². The molecule has 0 aliphatic heterocycles. The molecule has 0 unspecified atom stereocenters. The fourth-order valence-corrected chi connectivity index (χ4v) is 1.21. The molecular weight excluding hydrogens is 208 g/mol. The number of pyridine rings is 1. The molecule has 82 valence electrons. The SMILES string of the molecule is NCc1ncc(N)c(C(F)F)c1C(=O)O. The highest BCUT2D eigenvalue weighted by Gasteiger charge is 2.24. The second kappa shape index (κ2) is 4.18. The van der Waals surface area contributed by atoms with Crippen molar-refractivity contribution in [2.45, 2.75) is 13.0 Å². The van der Waals surface area contributed by atoms with Crippen LogP contribution < -0.4 is 11.5 Å². The van der Waals surface area contributed by atoms with Crippen molar-refractivity contribution in [1.82, 2.24) is 4.98 Å². The number of alkyl halides is 2. The van der Waals surface area contributed by atoms with Crippen LogP contribution in [0.1, 0.15) is 28.0 Å². The zero-order chi connectivity index (χ0) is 11.6. The van der Waals surface area contributed by atoms with Crippen LogP contribution in [-0.4, -0.2) is 16.1 Å². The van der Waals surface area contributed by atoms with Crippen LogP contribution in [0, 0.1) is 0 Å². The van der Waals surface area contributed by atoms with Crippen molar-refractivity contribution >= 4 is 11.7 Å². The third-order valence-corrected chi connectivity index (χ3v) is 1.85. The van der Waals surface area contributed by atoms with Crippen molar-refractivity contribution in [2.24, 2.45) is 5.73 Å². The average Bonchev–Trinajstić information content (AvgIpc) is 2.16. The first-order chi connectivity index (χ1) is 6.99. The topological polar surface area (TPSA) is 102 Å². The number of nitrogens with zero attached hydrogens (tertiary/aromatic N) is 1. The second-order valence-electron chi connectivity index (χ2n) is 2.76. The number of hydrogen-bond acceptors (Lipinski definition) is 4. The van der Waals surface area contributed by atoms with E-state index in [-0.39, 0.29) is 17.9 Å². The van der Waals surface area contributed by atoms with Gasteiger partial charge in [0, 0.05) is 6.54 Å². The molecule has 5 nitrogen and oxygen atoms in total. The van der Waals surface area contributed by atoms with Crippen molar-refractivity contribution in [2.75, 3.05) is 5.73 Å². The van der Waals surface area contributed by atoms with E-state index in [0.29, 0.717) is 0 Å². The average molecular weight is 217 g/mol. The molecule has 0 spiro atoms. The number of halogens is 2. The van der Waals surface area contributed by atoms with Crippen LogP contribution in [0.25, 0.3) is 0 Å². The van der Waals surface area contributed by atoms with Gasteiger partial charge in [-0.3, -0.25) is 4.98 Å². The first-order valence-electron chi connectivity index (χ1n) is 3.97. The van der Waals surface area contributed by atoms with Crippen molar-refractivity contribution in [3.63, 3.8) is 0 Å². The number of nitrogens with two attached hydrogens (primary N) is 2. The standard InChI is InChI=1S/C8H9F2N3O2/c9-7(10)5-3(12)2-13-4(1-11)6(5)8(14)15/h2,7H,1,11-12H2,(H,14,15). The van der Waals surface area contributed by atoms with E-state index in [9.17, 15) is 13.6 Å². The largest absolute Gasteiger partial charge is 0.478 e. The highest BCUT2D eigenvalue weighted by atomic mass is 19.3. The summed E-state index contributed by atoms with van der Waals surface area (Å²) in [4.78, 5) is 14.4. The Bertz CT molecular complexity index is 396. The summed E-state index contributed by atoms with van der Waals surface area (Å²) >= 11 is 0. The maximum atomic E-state index is 12.6. The first kappa shape index (κ1) is 11.3. The lowest BCUT2D eigenvalue weighted by molar-refractivity contribution is 0.0682. The summed E-state index contributed by atoms with van der Waals surface area (Å²) in [6.07, 6.45) is -1.99. The Morgan fingerprint density at radius 3 is 2.60 bits per heavy atom. The number of carbonyl (C=O) groups is 1. The number of aromatic carboxylic acids is 1. The van der Waals surface area contributed by atoms with E-state index in [1.165, 1.54) is 0 Å². The van der Waals surface area contributed by atoms with Gasteiger partial charge in [-0.05, 0) is 0 Å². The molecule has 0 saturated heterocycles. The molecule has 5 N–H and O–H groups in total. The molecule has 1 rings (SSSR count). The Labute approximate surface area is 83.7 Å². The Kier molecular flexibility index (Phi) is 3.15. The lowest BCUT2D eigenvalue weighted by Crippen LogP contribution is -2.14. The molecule has 0 amide bonds. The van der Waals surface area contributed by atoms with Gasteiger partial charge in [-0.25, -0.2) is 13.6 Å². The molecular formula is C8H9F2N3O2. The molecule has 0 atom stereocenters. The normalized spacial score (nSPS) is 10.7. The number of anilines is 1. The van der Waals surface area contributed by atoms with Gasteiger partial charge in [0.25, 0.3) is 6.43 Å². The van der Waals surface area contributed by atoms with Gasteiger partial charge in [-0.2, -0.15) is 0 Å². The molecule has 15 heavy (non-hydrogen) atoms. The van der Waals surface area contributed by atoms with E-state index >= 15 is 0 Å². The van der Waals surface area contributed by atoms with E-state index < -0.39 is 23.5 Å². The Hall–Kier alpha value is -1.76. The minimum atomic E-state index is -2.97.